The number of hydrogen-bond donors (Lipinski definition) is 1. The van der Waals surface area contributed by atoms with Gasteiger partial charge in [-0.2, -0.15) is 0 Å². The molecule has 0 fully saturated rings. The number of nitrogens with one attached hydrogen (secondary N) is 1. The van der Waals surface area contributed by atoms with E-state index in [9.17, 15) is 0 Å². The Morgan fingerprint density at radius 2 is 1.79 bits per heavy atom. The largest absolute Gasteiger partial charge is 0.339 e. The molecular weight excluding hydrogens is 256 g/mol. The van der Waals surface area contributed by atoms with Crippen molar-refractivity contribution in [2.45, 2.75) is 6.92 Å². The molecule has 19 heavy (non-hydrogen) atoms. The van der Waals surface area contributed by atoms with Crippen molar-refractivity contribution in [2.75, 3.05) is 5.32 Å². The number of hydrogen-bond acceptors (Lipinski definition) is 2. The Kier molecular flexibility index (Phi) is 3.10. The van der Waals surface area contributed by atoms with Crippen molar-refractivity contribution in [3.05, 3.63) is 65.2 Å². The van der Waals surface area contributed by atoms with Crippen LogP contribution >= 0.6 is 11.6 Å². The third kappa shape index (κ3) is 2.40. The molecule has 2 nitrogen and oxygen atoms in total. The van der Waals surface area contributed by atoms with Crippen molar-refractivity contribution >= 4 is 34.0 Å². The second kappa shape index (κ2) is 4.90. The zero-order valence-electron chi connectivity index (χ0n) is 10.5. The van der Waals surface area contributed by atoms with E-state index in [0.717, 1.165) is 22.4 Å². The molecular formula is C16H13ClN2. The average Bonchev–Trinajstić information content (AvgIpc) is 2.42. The zero-order valence-corrected chi connectivity index (χ0v) is 11.3. The molecule has 0 saturated carbocycles. The number of aryl methyl sites for hydroxylation is 1. The summed E-state index contributed by atoms with van der Waals surface area (Å²) >= 11 is 6.13. The maximum absolute atomic E-state index is 6.13. The predicted octanol–water partition coefficient (Wildman–Crippen LogP) is 4.94. The fourth-order valence-corrected chi connectivity index (χ4v) is 2.25. The number of fused-ring (bicyclic) bond motifs is 1. The highest BCUT2D eigenvalue weighted by Crippen LogP contribution is 2.25. The summed E-state index contributed by atoms with van der Waals surface area (Å²) < 4.78 is 0. The highest BCUT2D eigenvalue weighted by molar-refractivity contribution is 6.33. The molecule has 1 heterocycles. The van der Waals surface area contributed by atoms with Gasteiger partial charge in [0, 0.05) is 5.39 Å². The van der Waals surface area contributed by atoms with Crippen LogP contribution in [0.25, 0.3) is 10.9 Å². The zero-order chi connectivity index (χ0) is 13.2. The summed E-state index contributed by atoms with van der Waals surface area (Å²) in [4.78, 5) is 4.64. The van der Waals surface area contributed by atoms with Crippen LogP contribution in [0, 0.1) is 6.92 Å². The van der Waals surface area contributed by atoms with Gasteiger partial charge in [0.2, 0.25) is 0 Å². The molecule has 2 aromatic carbocycles. The molecule has 0 radical (unpaired) electrons. The molecule has 3 heteroatoms. The van der Waals surface area contributed by atoms with Crippen LogP contribution in [0.4, 0.5) is 11.5 Å². The van der Waals surface area contributed by atoms with Gasteiger partial charge in [0.15, 0.2) is 0 Å². The smallest absolute Gasteiger partial charge is 0.131 e. The molecule has 0 saturated heterocycles. The monoisotopic (exact) mass is 268 g/mol. The first kappa shape index (κ1) is 12.0. The van der Waals surface area contributed by atoms with Crippen molar-refractivity contribution in [2.24, 2.45) is 0 Å². The fourth-order valence-electron chi connectivity index (χ4n) is 2.07. The first-order chi connectivity index (χ1) is 9.24. The first-order valence-electron chi connectivity index (χ1n) is 6.12. The van der Waals surface area contributed by atoms with Crippen LogP contribution in [0.15, 0.2) is 54.6 Å². The van der Waals surface area contributed by atoms with E-state index in [1.54, 1.807) is 0 Å². The lowest BCUT2D eigenvalue weighted by molar-refractivity contribution is 1.34. The van der Waals surface area contributed by atoms with Crippen LogP contribution in [-0.2, 0) is 0 Å². The average molecular weight is 269 g/mol. The maximum atomic E-state index is 6.13. The SMILES string of the molecule is Cc1cccc2ccc(Nc3ccccc3Cl)nc12. The molecule has 3 rings (SSSR count). The van der Waals surface area contributed by atoms with Crippen molar-refractivity contribution < 1.29 is 0 Å². The normalized spacial score (nSPS) is 10.6. The van der Waals surface area contributed by atoms with Gasteiger partial charge in [-0.1, -0.05) is 41.9 Å². The van der Waals surface area contributed by atoms with Gasteiger partial charge in [-0.05, 0) is 36.8 Å². The van der Waals surface area contributed by atoms with Crippen LogP contribution in [0.5, 0.6) is 0 Å². The van der Waals surface area contributed by atoms with Crippen molar-refractivity contribution in [1.82, 2.24) is 4.98 Å². The van der Waals surface area contributed by atoms with Crippen LogP contribution in [0.3, 0.4) is 0 Å². The second-order valence-corrected chi connectivity index (χ2v) is 4.86. The van der Waals surface area contributed by atoms with E-state index in [1.807, 2.05) is 36.4 Å². The van der Waals surface area contributed by atoms with E-state index in [1.165, 1.54) is 5.56 Å². The molecule has 0 aliphatic carbocycles. The van der Waals surface area contributed by atoms with Crippen molar-refractivity contribution in [3.63, 3.8) is 0 Å². The number of anilines is 2. The Labute approximate surface area is 117 Å². The van der Waals surface area contributed by atoms with Crippen molar-refractivity contribution in [3.8, 4) is 0 Å². The highest BCUT2D eigenvalue weighted by atomic mass is 35.5. The summed E-state index contributed by atoms with van der Waals surface area (Å²) in [5, 5.41) is 5.08. The summed E-state index contributed by atoms with van der Waals surface area (Å²) in [7, 11) is 0. The van der Waals surface area contributed by atoms with Gasteiger partial charge in [-0.3, -0.25) is 0 Å². The van der Waals surface area contributed by atoms with Crippen molar-refractivity contribution in [1.29, 1.82) is 0 Å². The first-order valence-corrected chi connectivity index (χ1v) is 6.50. The Balaban J connectivity index is 2.02. The lowest BCUT2D eigenvalue weighted by atomic mass is 10.1. The minimum Gasteiger partial charge on any atom is -0.339 e. The Bertz CT molecular complexity index is 738. The molecule has 0 spiro atoms. The summed E-state index contributed by atoms with van der Waals surface area (Å²) in [6.45, 7) is 2.06. The van der Waals surface area contributed by atoms with E-state index in [4.69, 9.17) is 11.6 Å². The minimum atomic E-state index is 0.689. The number of halogens is 1. The number of pyridine rings is 1. The van der Waals surface area contributed by atoms with E-state index in [2.05, 4.69) is 35.4 Å². The van der Waals surface area contributed by atoms with E-state index in [0.29, 0.717) is 5.02 Å². The predicted molar refractivity (Wildman–Crippen MR) is 81.2 cm³/mol. The van der Waals surface area contributed by atoms with Gasteiger partial charge >= 0.3 is 0 Å². The Hall–Kier alpha value is -2.06. The lowest BCUT2D eigenvalue weighted by Gasteiger charge is -2.09. The number of benzene rings is 2. The molecule has 1 N–H and O–H groups in total. The second-order valence-electron chi connectivity index (χ2n) is 4.45. The number of para-hydroxylation sites is 2. The topological polar surface area (TPSA) is 24.9 Å². The molecule has 1 aromatic heterocycles. The van der Waals surface area contributed by atoms with Crippen LogP contribution < -0.4 is 5.32 Å². The Morgan fingerprint density at radius 1 is 0.947 bits per heavy atom. The molecule has 0 amide bonds. The van der Waals surface area contributed by atoms with Gasteiger partial charge in [0.1, 0.15) is 5.82 Å². The van der Waals surface area contributed by atoms with Crippen LogP contribution in [0.2, 0.25) is 5.02 Å². The molecule has 0 atom stereocenters. The van der Waals surface area contributed by atoms with Crippen LogP contribution in [0.1, 0.15) is 5.56 Å². The summed E-state index contributed by atoms with van der Waals surface area (Å²) in [5.74, 6) is 0.801. The van der Waals surface area contributed by atoms with E-state index in [-0.39, 0.29) is 0 Å². The van der Waals surface area contributed by atoms with Gasteiger partial charge in [-0.15, -0.1) is 0 Å². The summed E-state index contributed by atoms with van der Waals surface area (Å²) in [6.07, 6.45) is 0. The van der Waals surface area contributed by atoms with Gasteiger partial charge < -0.3 is 5.32 Å². The summed E-state index contributed by atoms with van der Waals surface area (Å²) in [5.41, 5.74) is 3.05. The number of aromatic nitrogens is 1. The van der Waals surface area contributed by atoms with E-state index >= 15 is 0 Å². The molecule has 0 aliphatic rings. The third-order valence-corrected chi connectivity index (χ3v) is 3.39. The molecule has 0 bridgehead atoms. The molecule has 0 unspecified atom stereocenters. The van der Waals surface area contributed by atoms with Crippen LogP contribution in [-0.4, -0.2) is 4.98 Å². The van der Waals surface area contributed by atoms with Gasteiger partial charge in [-0.25, -0.2) is 4.98 Å². The quantitative estimate of drug-likeness (QED) is 0.712. The number of rotatable bonds is 2. The standard InChI is InChI=1S/C16H13ClN2/c1-11-5-4-6-12-9-10-15(19-16(11)12)18-14-8-3-2-7-13(14)17/h2-10H,1H3,(H,18,19). The maximum Gasteiger partial charge on any atom is 0.131 e. The highest BCUT2D eigenvalue weighted by Gasteiger charge is 2.03. The minimum absolute atomic E-state index is 0.689. The van der Waals surface area contributed by atoms with Gasteiger partial charge in [0.05, 0.1) is 16.2 Å². The summed E-state index contributed by atoms with van der Waals surface area (Å²) in [6, 6.07) is 17.8. The third-order valence-electron chi connectivity index (χ3n) is 3.06. The lowest BCUT2D eigenvalue weighted by Crippen LogP contribution is -1.95. The Morgan fingerprint density at radius 3 is 2.63 bits per heavy atom. The number of nitrogens with zero attached hydrogens (tertiary/aromatic N) is 1. The fraction of sp³-hybridized carbons (Fsp3) is 0.0625. The van der Waals surface area contributed by atoms with E-state index < -0.39 is 0 Å². The molecule has 94 valence electrons. The molecule has 3 aromatic rings. The van der Waals surface area contributed by atoms with Gasteiger partial charge in [0.25, 0.3) is 0 Å². The molecule has 0 aliphatic heterocycles.